The average molecular weight is 567 g/mol. The number of nitrogens with zero attached hydrogens (tertiary/aromatic N) is 2. The normalized spacial score (nSPS) is 18.6. The van der Waals surface area contributed by atoms with Crippen LogP contribution in [0.5, 0.6) is 5.75 Å². The molecule has 0 saturated carbocycles. The van der Waals surface area contributed by atoms with Crippen LogP contribution in [0.25, 0.3) is 10.9 Å². The van der Waals surface area contributed by atoms with Crippen LogP contribution in [0.2, 0.25) is 0 Å². The maximum Gasteiger partial charge on any atom is 0.262 e. The number of nitrogens with one attached hydrogen (secondary N) is 2. The fraction of sp³-hybridized carbons (Fsp3) is 0.448. The molecule has 10 nitrogen and oxygen atoms in total. The van der Waals surface area contributed by atoms with Crippen molar-refractivity contribution in [3.63, 3.8) is 0 Å². The van der Waals surface area contributed by atoms with Crippen molar-refractivity contribution in [1.82, 2.24) is 14.9 Å². The van der Waals surface area contributed by atoms with Crippen LogP contribution in [0.1, 0.15) is 43.0 Å². The highest BCUT2D eigenvalue weighted by molar-refractivity contribution is 7.99. The number of anilines is 1. The van der Waals surface area contributed by atoms with Crippen molar-refractivity contribution in [2.45, 2.75) is 56.5 Å². The van der Waals surface area contributed by atoms with Gasteiger partial charge in [0.15, 0.2) is 5.16 Å². The Morgan fingerprint density at radius 2 is 1.82 bits per heavy atom. The molecule has 3 heterocycles. The van der Waals surface area contributed by atoms with E-state index in [1.165, 1.54) is 11.8 Å². The molecule has 2 aromatic carbocycles. The molecule has 5 rings (SSSR count). The Kier molecular flexibility index (Phi) is 9.35. The van der Waals surface area contributed by atoms with Crippen molar-refractivity contribution in [3.05, 3.63) is 58.4 Å². The summed E-state index contributed by atoms with van der Waals surface area (Å²) in [5.74, 6) is 0.313. The maximum atomic E-state index is 13.6. The first-order valence-corrected chi connectivity index (χ1v) is 14.7. The van der Waals surface area contributed by atoms with Crippen LogP contribution in [-0.2, 0) is 20.8 Å². The topological polar surface area (TPSA) is 121 Å². The van der Waals surface area contributed by atoms with Gasteiger partial charge in [0.05, 0.1) is 42.0 Å². The van der Waals surface area contributed by atoms with Gasteiger partial charge < -0.3 is 24.8 Å². The van der Waals surface area contributed by atoms with E-state index in [2.05, 4.69) is 10.6 Å². The number of aromatic nitrogens is 2. The van der Waals surface area contributed by atoms with Gasteiger partial charge >= 0.3 is 0 Å². The lowest BCUT2D eigenvalue weighted by Crippen LogP contribution is -2.32. The zero-order valence-corrected chi connectivity index (χ0v) is 23.3. The first-order chi connectivity index (χ1) is 19.5. The number of carbonyl (C=O) groups excluding carboxylic acids is 2. The summed E-state index contributed by atoms with van der Waals surface area (Å²) in [6, 6.07) is 12.1. The molecule has 0 bridgehead atoms. The third-order valence-corrected chi connectivity index (χ3v) is 7.86. The number of hydrogen-bond donors (Lipinski definition) is 2. The van der Waals surface area contributed by atoms with E-state index in [0.717, 1.165) is 38.0 Å². The second kappa shape index (κ2) is 13.3. The molecule has 2 aliphatic heterocycles. The number of hydrogen-bond acceptors (Lipinski definition) is 8. The Morgan fingerprint density at radius 1 is 1.07 bits per heavy atom. The highest BCUT2D eigenvalue weighted by Gasteiger charge is 2.22. The standard InChI is InChI=1S/C29H34N4O6S/c1-2-37-21-10-8-20(9-11-21)31-26(34)18-40-29-32-25-15-19(27(35)30-16-22-5-3-13-38-22)7-12-24(25)28(36)33(29)17-23-6-4-14-39-23/h7-12,15,22-23H,2-6,13-14,16-18H2,1H3,(H,30,35)(H,31,34)/t22-,23+/m0/s1. The fourth-order valence-electron chi connectivity index (χ4n) is 4.85. The van der Waals surface area contributed by atoms with Crippen molar-refractivity contribution in [3.8, 4) is 5.75 Å². The van der Waals surface area contributed by atoms with Gasteiger partial charge in [-0.1, -0.05) is 11.8 Å². The summed E-state index contributed by atoms with van der Waals surface area (Å²) in [4.78, 5) is 43.9. The van der Waals surface area contributed by atoms with Crippen molar-refractivity contribution in [2.75, 3.05) is 37.4 Å². The van der Waals surface area contributed by atoms with Gasteiger partial charge in [0.1, 0.15) is 5.75 Å². The lowest BCUT2D eigenvalue weighted by atomic mass is 10.1. The number of benzene rings is 2. The molecular formula is C29H34N4O6S. The van der Waals surface area contributed by atoms with Crippen LogP contribution >= 0.6 is 11.8 Å². The van der Waals surface area contributed by atoms with Crippen LogP contribution in [-0.4, -0.2) is 65.7 Å². The van der Waals surface area contributed by atoms with Gasteiger partial charge in [-0.05, 0) is 75.1 Å². The molecule has 2 fully saturated rings. The molecule has 3 aromatic rings. The summed E-state index contributed by atoms with van der Waals surface area (Å²) < 4.78 is 18.4. The van der Waals surface area contributed by atoms with E-state index in [4.69, 9.17) is 19.2 Å². The smallest absolute Gasteiger partial charge is 0.262 e. The second-order valence-corrected chi connectivity index (χ2v) is 10.8. The second-order valence-electron chi connectivity index (χ2n) is 9.82. The Balaban J connectivity index is 1.34. The molecule has 0 unspecified atom stereocenters. The number of amides is 2. The van der Waals surface area contributed by atoms with E-state index in [9.17, 15) is 14.4 Å². The van der Waals surface area contributed by atoms with Crippen LogP contribution < -0.4 is 20.9 Å². The van der Waals surface area contributed by atoms with Gasteiger partial charge in [-0.3, -0.25) is 19.0 Å². The number of rotatable bonds is 11. The number of ether oxygens (including phenoxy) is 3. The fourth-order valence-corrected chi connectivity index (χ4v) is 5.66. The molecule has 2 atom stereocenters. The summed E-state index contributed by atoms with van der Waals surface area (Å²) in [5.41, 5.74) is 1.25. The van der Waals surface area contributed by atoms with E-state index in [-0.39, 0.29) is 35.3 Å². The van der Waals surface area contributed by atoms with E-state index in [1.54, 1.807) is 47.0 Å². The zero-order valence-electron chi connectivity index (χ0n) is 22.5. The maximum absolute atomic E-state index is 13.6. The van der Waals surface area contributed by atoms with Gasteiger partial charge in [-0.2, -0.15) is 0 Å². The summed E-state index contributed by atoms with van der Waals surface area (Å²) >= 11 is 1.18. The Morgan fingerprint density at radius 3 is 2.52 bits per heavy atom. The molecule has 0 radical (unpaired) electrons. The van der Waals surface area contributed by atoms with Crippen LogP contribution in [0.3, 0.4) is 0 Å². The summed E-state index contributed by atoms with van der Waals surface area (Å²) in [6.07, 6.45) is 3.67. The predicted molar refractivity (Wildman–Crippen MR) is 153 cm³/mol. The first kappa shape index (κ1) is 28.1. The van der Waals surface area contributed by atoms with Gasteiger partial charge in [0.25, 0.3) is 11.5 Å². The van der Waals surface area contributed by atoms with Crippen LogP contribution in [0, 0.1) is 0 Å². The minimum absolute atomic E-state index is 0.0318. The summed E-state index contributed by atoms with van der Waals surface area (Å²) in [6.45, 7) is 4.66. The van der Waals surface area contributed by atoms with Crippen molar-refractivity contribution < 1.29 is 23.8 Å². The average Bonchev–Trinajstić information content (AvgIpc) is 3.68. The number of carbonyl (C=O) groups is 2. The Hall–Kier alpha value is -3.41. The molecule has 11 heteroatoms. The molecule has 2 aliphatic rings. The highest BCUT2D eigenvalue weighted by Crippen LogP contribution is 2.23. The van der Waals surface area contributed by atoms with E-state index in [0.29, 0.717) is 53.6 Å². The SMILES string of the molecule is CCOc1ccc(NC(=O)CSc2nc3cc(C(=O)NC[C@@H]4CCCO4)ccc3c(=O)n2C[C@H]2CCCO2)cc1. The number of fused-ring (bicyclic) bond motifs is 1. The quantitative estimate of drug-likeness (QED) is 0.267. The van der Waals surface area contributed by atoms with Crippen LogP contribution in [0.15, 0.2) is 52.4 Å². The molecule has 2 saturated heterocycles. The van der Waals surface area contributed by atoms with Crippen LogP contribution in [0.4, 0.5) is 5.69 Å². The zero-order chi connectivity index (χ0) is 27.9. The molecule has 212 valence electrons. The van der Waals surface area contributed by atoms with E-state index >= 15 is 0 Å². The predicted octanol–water partition coefficient (Wildman–Crippen LogP) is 3.61. The first-order valence-electron chi connectivity index (χ1n) is 13.7. The Labute approximate surface area is 236 Å². The van der Waals surface area contributed by atoms with E-state index < -0.39 is 0 Å². The third-order valence-electron chi connectivity index (χ3n) is 6.89. The lowest BCUT2D eigenvalue weighted by molar-refractivity contribution is -0.113. The monoisotopic (exact) mass is 566 g/mol. The molecule has 0 spiro atoms. The van der Waals surface area contributed by atoms with Crippen molar-refractivity contribution in [1.29, 1.82) is 0 Å². The number of thioether (sulfide) groups is 1. The van der Waals surface area contributed by atoms with Gasteiger partial charge in [0, 0.05) is 31.0 Å². The molecule has 1 aromatic heterocycles. The molecule has 2 N–H and O–H groups in total. The molecule has 40 heavy (non-hydrogen) atoms. The summed E-state index contributed by atoms with van der Waals surface area (Å²) in [7, 11) is 0. The molecule has 0 aliphatic carbocycles. The lowest BCUT2D eigenvalue weighted by Gasteiger charge is -2.17. The van der Waals surface area contributed by atoms with Gasteiger partial charge in [0.2, 0.25) is 5.91 Å². The molecular weight excluding hydrogens is 532 g/mol. The summed E-state index contributed by atoms with van der Waals surface area (Å²) in [5, 5.41) is 6.60. The third kappa shape index (κ3) is 7.01. The Bertz CT molecular complexity index is 1400. The largest absolute Gasteiger partial charge is 0.494 e. The molecule has 2 amide bonds. The van der Waals surface area contributed by atoms with Gasteiger partial charge in [-0.15, -0.1) is 0 Å². The minimum atomic E-state index is -0.244. The van der Waals surface area contributed by atoms with Crippen molar-refractivity contribution in [2.24, 2.45) is 0 Å². The van der Waals surface area contributed by atoms with Gasteiger partial charge in [-0.25, -0.2) is 4.98 Å². The highest BCUT2D eigenvalue weighted by atomic mass is 32.2. The minimum Gasteiger partial charge on any atom is -0.494 e. The van der Waals surface area contributed by atoms with Crippen molar-refractivity contribution >= 4 is 40.2 Å². The van der Waals surface area contributed by atoms with E-state index in [1.807, 2.05) is 6.92 Å².